The molecule has 8 heteroatoms. The Morgan fingerprint density at radius 1 is 1.47 bits per heavy atom. The molecule has 0 atom stereocenters. The third kappa shape index (κ3) is 1.99. The molecule has 1 saturated heterocycles. The Morgan fingerprint density at radius 2 is 2.21 bits per heavy atom. The molecular formula is C11H13N5O3. The summed E-state index contributed by atoms with van der Waals surface area (Å²) in [7, 11) is 1.73. The Morgan fingerprint density at radius 3 is 2.89 bits per heavy atom. The monoisotopic (exact) mass is 263 g/mol. The molecule has 0 aromatic carbocycles. The van der Waals surface area contributed by atoms with Crippen molar-refractivity contribution in [3.63, 3.8) is 0 Å². The number of hydrogen-bond acceptors (Lipinski definition) is 4. The van der Waals surface area contributed by atoms with Crippen molar-refractivity contribution < 1.29 is 13.8 Å². The molecule has 0 radical (unpaired) electrons. The van der Waals surface area contributed by atoms with Crippen LogP contribution in [0.2, 0.25) is 0 Å². The topological polar surface area (TPSA) is 85.8 Å². The van der Waals surface area contributed by atoms with Crippen LogP contribution >= 0.6 is 0 Å². The Kier molecular flexibility index (Phi) is 2.79. The number of nitrogens with zero attached hydrogens (tertiary/aromatic N) is 5. The van der Waals surface area contributed by atoms with Gasteiger partial charge < -0.3 is 15.0 Å². The standard InChI is InChI=1S/C11H13N5O3/c1-14-9(16-10(17)13-11(14)19-16)3-2-8(12)15-4-6-18-7-5-15/h2-3H,4-7H2,1H3/b3-2-. The predicted molar refractivity (Wildman–Crippen MR) is 66.9 cm³/mol. The summed E-state index contributed by atoms with van der Waals surface area (Å²) < 4.78 is 13.1. The largest absolute Gasteiger partial charge is 0.520 e. The number of ether oxygens (including phenoxy) is 1. The molecule has 0 saturated carbocycles. The highest BCUT2D eigenvalue weighted by atomic mass is 16.5. The minimum Gasteiger partial charge on any atom is -0.465 e. The minimum atomic E-state index is -0.460. The summed E-state index contributed by atoms with van der Waals surface area (Å²) in [6.07, 6.45) is 3.15. The normalized spacial score (nSPS) is 18.7. The molecule has 1 aromatic rings. The second-order valence-electron chi connectivity index (χ2n) is 4.27. The quantitative estimate of drug-likeness (QED) is 0.397. The highest BCUT2D eigenvalue weighted by Gasteiger charge is 2.32. The zero-order valence-corrected chi connectivity index (χ0v) is 10.4. The van der Waals surface area contributed by atoms with Crippen molar-refractivity contribution >= 4 is 17.7 Å². The van der Waals surface area contributed by atoms with Crippen LogP contribution in [0.25, 0.3) is 5.41 Å². The summed E-state index contributed by atoms with van der Waals surface area (Å²) in [6, 6.07) is 0.246. The summed E-state index contributed by atoms with van der Waals surface area (Å²) in [5, 5.41) is 9.95. The van der Waals surface area contributed by atoms with E-state index in [4.69, 9.17) is 9.26 Å². The van der Waals surface area contributed by atoms with Gasteiger partial charge in [-0.1, -0.05) is 11.9 Å². The van der Waals surface area contributed by atoms with Gasteiger partial charge in [0.15, 0.2) is 0 Å². The van der Waals surface area contributed by atoms with Crippen molar-refractivity contribution in [2.45, 2.75) is 0 Å². The van der Waals surface area contributed by atoms with E-state index in [1.54, 1.807) is 17.7 Å². The summed E-state index contributed by atoms with van der Waals surface area (Å²) in [6.45, 7) is 2.48. The molecule has 0 amide bonds. The number of aromatic nitrogens is 2. The van der Waals surface area contributed by atoms with Gasteiger partial charge in [-0.05, 0) is 13.1 Å². The van der Waals surface area contributed by atoms with Crippen LogP contribution in [0, 0.1) is 0 Å². The Labute approximate surface area is 108 Å². The fraction of sp³-hybridized carbons (Fsp3) is 0.455. The van der Waals surface area contributed by atoms with Gasteiger partial charge >= 0.3 is 11.7 Å². The third-order valence-electron chi connectivity index (χ3n) is 3.09. The highest BCUT2D eigenvalue weighted by Crippen LogP contribution is 2.11. The van der Waals surface area contributed by atoms with Crippen LogP contribution in [-0.4, -0.2) is 64.2 Å². The van der Waals surface area contributed by atoms with Crippen LogP contribution in [-0.2, 0) is 4.74 Å². The number of allylic oxidation sites excluding steroid dienone is 1. The number of rotatable bonds is 2. The lowest BCUT2D eigenvalue weighted by atomic mass is 10.3. The van der Waals surface area contributed by atoms with Gasteiger partial charge in [-0.2, -0.15) is 4.58 Å². The first-order valence-corrected chi connectivity index (χ1v) is 5.95. The van der Waals surface area contributed by atoms with E-state index in [2.05, 4.69) is 4.98 Å². The van der Waals surface area contributed by atoms with E-state index >= 15 is 0 Å². The molecule has 2 bridgehead atoms. The second kappa shape index (κ2) is 4.47. The average molecular weight is 263 g/mol. The fourth-order valence-corrected chi connectivity index (χ4v) is 2.01. The lowest BCUT2D eigenvalue weighted by Gasteiger charge is -2.36. The molecule has 3 rings (SSSR count). The number of amidine groups is 1. The molecule has 0 unspecified atom stereocenters. The lowest BCUT2D eigenvalue weighted by Crippen LogP contribution is -2.39. The highest BCUT2D eigenvalue weighted by molar-refractivity contribution is 6.02. The summed E-state index contributed by atoms with van der Waals surface area (Å²) in [5.41, 5.74) is -0.460. The van der Waals surface area contributed by atoms with E-state index in [-0.39, 0.29) is 11.9 Å². The molecule has 0 aliphatic carbocycles. The summed E-state index contributed by atoms with van der Waals surface area (Å²) in [5.74, 6) is 0.664. The summed E-state index contributed by atoms with van der Waals surface area (Å²) in [4.78, 5) is 16.8. The van der Waals surface area contributed by atoms with Crippen molar-refractivity contribution in [3.8, 4) is 0 Å². The van der Waals surface area contributed by atoms with E-state index in [1.165, 1.54) is 6.08 Å². The van der Waals surface area contributed by atoms with E-state index in [1.807, 2.05) is 4.90 Å². The molecule has 0 N–H and O–H groups in total. The predicted octanol–water partition coefficient (Wildman–Crippen LogP) is -0.773. The lowest BCUT2D eigenvalue weighted by molar-refractivity contribution is -0.418. The van der Waals surface area contributed by atoms with Crippen LogP contribution in [0.5, 0.6) is 0 Å². The van der Waals surface area contributed by atoms with E-state index < -0.39 is 5.69 Å². The molecule has 0 spiro atoms. The SMILES string of the molecule is C[N+]1=C(/C=C\C(=[N-])N2CCOCC2)n2oc1nc2=O. The van der Waals surface area contributed by atoms with Crippen molar-refractivity contribution in [2.24, 2.45) is 0 Å². The zero-order valence-electron chi connectivity index (χ0n) is 10.4. The molecule has 1 fully saturated rings. The Bertz CT molecular complexity index is 633. The van der Waals surface area contributed by atoms with Gasteiger partial charge in [-0.15, -0.1) is 0 Å². The molecular weight excluding hydrogens is 250 g/mol. The first-order chi connectivity index (χ1) is 9.16. The molecule has 19 heavy (non-hydrogen) atoms. The first kappa shape index (κ1) is 11.8. The molecule has 100 valence electrons. The van der Waals surface area contributed by atoms with E-state index in [0.29, 0.717) is 32.1 Å². The van der Waals surface area contributed by atoms with Crippen LogP contribution in [0.1, 0.15) is 0 Å². The van der Waals surface area contributed by atoms with Gasteiger partial charge in [0.05, 0.1) is 7.05 Å². The van der Waals surface area contributed by atoms with Crippen molar-refractivity contribution in [1.82, 2.24) is 14.6 Å². The zero-order chi connectivity index (χ0) is 13.4. The van der Waals surface area contributed by atoms with E-state index in [9.17, 15) is 10.2 Å². The molecule has 8 nitrogen and oxygen atoms in total. The van der Waals surface area contributed by atoms with Crippen molar-refractivity contribution in [2.75, 3.05) is 33.4 Å². The van der Waals surface area contributed by atoms with Crippen molar-refractivity contribution in [3.05, 3.63) is 28.0 Å². The van der Waals surface area contributed by atoms with Crippen molar-refractivity contribution in [1.29, 1.82) is 0 Å². The van der Waals surface area contributed by atoms with Gasteiger partial charge in [0.25, 0.3) is 5.84 Å². The number of morpholine rings is 1. The van der Waals surface area contributed by atoms with Gasteiger partial charge in [0, 0.05) is 29.0 Å². The Hall–Kier alpha value is -2.22. The second-order valence-corrected chi connectivity index (χ2v) is 4.27. The average Bonchev–Trinajstić information content (AvgIpc) is 2.94. The fourth-order valence-electron chi connectivity index (χ4n) is 2.01. The maximum absolute atomic E-state index is 11.4. The van der Waals surface area contributed by atoms with Crippen LogP contribution in [0.4, 0.5) is 6.01 Å². The Balaban J connectivity index is 1.76. The number of fused-ring (bicyclic) bond motifs is 2. The maximum atomic E-state index is 11.4. The van der Waals surface area contributed by atoms with Gasteiger partial charge in [-0.25, -0.2) is 9.32 Å². The van der Waals surface area contributed by atoms with Gasteiger partial charge in [0.2, 0.25) is 0 Å². The smallest absolute Gasteiger partial charge is 0.465 e. The third-order valence-corrected chi connectivity index (χ3v) is 3.09. The molecule has 2 aliphatic rings. The first-order valence-electron chi connectivity index (χ1n) is 5.95. The summed E-state index contributed by atoms with van der Waals surface area (Å²) >= 11 is 0. The van der Waals surface area contributed by atoms with Crippen LogP contribution in [0.3, 0.4) is 0 Å². The van der Waals surface area contributed by atoms with E-state index in [0.717, 1.165) is 4.74 Å². The molecule has 1 aromatic heterocycles. The van der Waals surface area contributed by atoms with Crippen LogP contribution in [0.15, 0.2) is 21.5 Å². The maximum Gasteiger partial charge on any atom is 0.520 e. The molecule has 3 heterocycles. The minimum absolute atomic E-state index is 0.141. The van der Waals surface area contributed by atoms with Gasteiger partial charge in [-0.3, -0.25) is 0 Å². The number of hydrogen-bond donors (Lipinski definition) is 0. The van der Waals surface area contributed by atoms with Crippen LogP contribution < -0.4 is 5.69 Å². The van der Waals surface area contributed by atoms with Gasteiger partial charge in [0.1, 0.15) is 0 Å². The molecule has 2 aliphatic heterocycles.